The molecular weight excluding hydrogens is 573 g/mol. The Morgan fingerprint density at radius 1 is 1.07 bits per heavy atom. The number of H-pyrrole nitrogens is 1. The van der Waals surface area contributed by atoms with Gasteiger partial charge in [0.1, 0.15) is 16.9 Å². The van der Waals surface area contributed by atoms with Crippen LogP contribution in [0.25, 0.3) is 16.7 Å². The molecule has 0 aliphatic rings. The van der Waals surface area contributed by atoms with Gasteiger partial charge in [-0.05, 0) is 49.8 Å². The second kappa shape index (κ2) is 12.7. The molecule has 0 atom stereocenters. The normalized spacial score (nSPS) is 11.7. The first kappa shape index (κ1) is 30.0. The van der Waals surface area contributed by atoms with Crippen molar-refractivity contribution in [3.05, 3.63) is 78.9 Å². The third-order valence-corrected chi connectivity index (χ3v) is 7.23. The standard InChI is InChI=1S/C28H32Cl3N7O2/c1-16(2)25-24-27(38(35-25)26-20(30)13-18(29)14-21(26)31)33-22(34-28(24)40)12-17-6-8-19(9-7-17)37(5)23(39)15-32-10-11-36(3)4/h6-9,13-14,16,32H,10-12,15H2,1-5H3,(H,33,34,40). The third kappa shape index (κ3) is 6.67. The summed E-state index contributed by atoms with van der Waals surface area (Å²) in [7, 11) is 5.73. The van der Waals surface area contributed by atoms with Crippen LogP contribution in [-0.4, -0.2) is 71.3 Å². The van der Waals surface area contributed by atoms with Gasteiger partial charge in [-0.25, -0.2) is 9.67 Å². The van der Waals surface area contributed by atoms with Gasteiger partial charge < -0.3 is 20.1 Å². The number of amides is 1. The zero-order valence-electron chi connectivity index (χ0n) is 23.1. The van der Waals surface area contributed by atoms with Crippen molar-refractivity contribution < 1.29 is 4.79 Å². The molecule has 0 saturated carbocycles. The molecule has 0 radical (unpaired) electrons. The van der Waals surface area contributed by atoms with E-state index < -0.39 is 0 Å². The van der Waals surface area contributed by atoms with Gasteiger partial charge in [0.15, 0.2) is 5.65 Å². The Morgan fingerprint density at radius 3 is 2.33 bits per heavy atom. The van der Waals surface area contributed by atoms with Crippen molar-refractivity contribution in [2.75, 3.05) is 45.7 Å². The SMILES string of the molecule is CC(C)c1nn(-c2c(Cl)cc(Cl)cc2Cl)c2nc(Cc3ccc(N(C)C(=O)CNCCN(C)C)cc3)[nH]c(=O)c12. The first-order chi connectivity index (χ1) is 19.0. The fourth-order valence-electron chi connectivity index (χ4n) is 4.27. The molecule has 12 heteroatoms. The van der Waals surface area contributed by atoms with E-state index >= 15 is 0 Å². The predicted molar refractivity (Wildman–Crippen MR) is 163 cm³/mol. The van der Waals surface area contributed by atoms with E-state index in [1.807, 2.05) is 52.2 Å². The summed E-state index contributed by atoms with van der Waals surface area (Å²) in [5, 5.41) is 9.20. The summed E-state index contributed by atoms with van der Waals surface area (Å²) < 4.78 is 1.51. The predicted octanol–water partition coefficient (Wildman–Crippen LogP) is 4.90. The lowest BCUT2D eigenvalue weighted by Gasteiger charge is -2.18. The Kier molecular flexibility index (Phi) is 9.53. The van der Waals surface area contributed by atoms with Gasteiger partial charge in [-0.1, -0.05) is 60.8 Å². The molecule has 0 fully saturated rings. The van der Waals surface area contributed by atoms with Crippen LogP contribution in [0.4, 0.5) is 5.69 Å². The molecule has 0 aliphatic heterocycles. The summed E-state index contributed by atoms with van der Waals surface area (Å²) in [4.78, 5) is 37.2. The maximum atomic E-state index is 13.3. The van der Waals surface area contributed by atoms with Crippen molar-refractivity contribution in [2.45, 2.75) is 26.2 Å². The quantitative estimate of drug-likeness (QED) is 0.250. The zero-order valence-corrected chi connectivity index (χ0v) is 25.3. The number of benzene rings is 2. The number of aromatic nitrogens is 4. The number of fused-ring (bicyclic) bond motifs is 1. The highest BCUT2D eigenvalue weighted by Crippen LogP contribution is 2.34. The molecule has 2 N–H and O–H groups in total. The lowest BCUT2D eigenvalue weighted by Crippen LogP contribution is -2.37. The van der Waals surface area contributed by atoms with Gasteiger partial charge in [0.2, 0.25) is 5.91 Å². The van der Waals surface area contributed by atoms with Crippen molar-refractivity contribution in [3.8, 4) is 5.69 Å². The van der Waals surface area contributed by atoms with E-state index in [2.05, 4.69) is 20.3 Å². The molecule has 0 aliphatic carbocycles. The maximum absolute atomic E-state index is 13.3. The lowest BCUT2D eigenvalue weighted by molar-refractivity contribution is -0.117. The summed E-state index contributed by atoms with van der Waals surface area (Å²) in [6.07, 6.45) is 0.361. The molecular formula is C28H32Cl3N7O2. The summed E-state index contributed by atoms with van der Waals surface area (Å²) in [6, 6.07) is 10.7. The number of likely N-dealkylation sites (N-methyl/N-ethyl adjacent to an activating group) is 2. The first-order valence-electron chi connectivity index (χ1n) is 12.8. The highest BCUT2D eigenvalue weighted by Gasteiger charge is 2.23. The average Bonchev–Trinajstić information content (AvgIpc) is 3.26. The highest BCUT2D eigenvalue weighted by molar-refractivity contribution is 6.40. The fraction of sp³-hybridized carbons (Fsp3) is 0.357. The monoisotopic (exact) mass is 603 g/mol. The number of aromatic amines is 1. The van der Waals surface area contributed by atoms with Crippen LogP contribution in [0.15, 0.2) is 41.2 Å². The Labute approximate surface area is 248 Å². The molecule has 40 heavy (non-hydrogen) atoms. The van der Waals surface area contributed by atoms with Crippen LogP contribution >= 0.6 is 34.8 Å². The zero-order chi connectivity index (χ0) is 29.1. The minimum absolute atomic E-state index is 0.0308. The highest BCUT2D eigenvalue weighted by atomic mass is 35.5. The van der Waals surface area contributed by atoms with E-state index in [9.17, 15) is 9.59 Å². The maximum Gasteiger partial charge on any atom is 0.262 e. The Hall–Kier alpha value is -2.95. The molecule has 4 rings (SSSR count). The van der Waals surface area contributed by atoms with Crippen LogP contribution in [0.2, 0.25) is 15.1 Å². The van der Waals surface area contributed by atoms with Crippen LogP contribution in [0, 0.1) is 0 Å². The molecule has 0 bridgehead atoms. The van der Waals surface area contributed by atoms with Crippen molar-refractivity contribution in [2.24, 2.45) is 0 Å². The van der Waals surface area contributed by atoms with Gasteiger partial charge in [0, 0.05) is 37.3 Å². The Bertz CT molecular complexity index is 1560. The molecule has 2 aromatic heterocycles. The van der Waals surface area contributed by atoms with Crippen LogP contribution in [0.5, 0.6) is 0 Å². The third-order valence-electron chi connectivity index (χ3n) is 6.44. The molecule has 1 amide bonds. The van der Waals surface area contributed by atoms with Crippen molar-refractivity contribution in [1.82, 2.24) is 30.0 Å². The van der Waals surface area contributed by atoms with Gasteiger partial charge in [-0.3, -0.25) is 9.59 Å². The van der Waals surface area contributed by atoms with Gasteiger partial charge in [-0.15, -0.1) is 0 Å². The molecule has 0 saturated heterocycles. The molecule has 2 heterocycles. The van der Waals surface area contributed by atoms with E-state index in [1.165, 1.54) is 4.68 Å². The van der Waals surface area contributed by atoms with Crippen LogP contribution < -0.4 is 15.8 Å². The van der Waals surface area contributed by atoms with Crippen LogP contribution in [0.3, 0.4) is 0 Å². The second-order valence-corrected chi connectivity index (χ2v) is 11.4. The van der Waals surface area contributed by atoms with Crippen LogP contribution in [0.1, 0.15) is 36.8 Å². The largest absolute Gasteiger partial charge is 0.314 e. The number of hydrogen-bond donors (Lipinski definition) is 2. The van der Waals surface area contributed by atoms with Crippen molar-refractivity contribution in [1.29, 1.82) is 0 Å². The second-order valence-electron chi connectivity index (χ2n) is 10.2. The van der Waals surface area contributed by atoms with Gasteiger partial charge in [-0.2, -0.15) is 5.10 Å². The van der Waals surface area contributed by atoms with E-state index in [0.29, 0.717) is 49.7 Å². The number of hydrogen-bond acceptors (Lipinski definition) is 6. The number of carbonyl (C=O) groups is 1. The molecule has 0 spiro atoms. The average molecular weight is 605 g/mol. The van der Waals surface area contributed by atoms with E-state index in [0.717, 1.165) is 24.3 Å². The first-order valence-corrected chi connectivity index (χ1v) is 14.0. The lowest BCUT2D eigenvalue weighted by atomic mass is 10.1. The number of carbonyl (C=O) groups excluding carboxylic acids is 1. The van der Waals surface area contributed by atoms with Gasteiger partial charge >= 0.3 is 0 Å². The minimum atomic E-state index is -0.292. The van der Waals surface area contributed by atoms with E-state index in [1.54, 1.807) is 24.1 Å². The smallest absolute Gasteiger partial charge is 0.262 e. The van der Waals surface area contributed by atoms with Crippen LogP contribution in [-0.2, 0) is 11.2 Å². The van der Waals surface area contributed by atoms with Gasteiger partial charge in [0.25, 0.3) is 5.56 Å². The summed E-state index contributed by atoms with van der Waals surface area (Å²) in [6.45, 7) is 5.74. The molecule has 0 unspecified atom stereocenters. The van der Waals surface area contributed by atoms with E-state index in [4.69, 9.17) is 39.8 Å². The number of halogens is 3. The van der Waals surface area contributed by atoms with Crippen molar-refractivity contribution >= 4 is 57.4 Å². The molecule has 212 valence electrons. The van der Waals surface area contributed by atoms with Gasteiger partial charge in [0.05, 0.1) is 22.3 Å². The number of nitrogens with zero attached hydrogens (tertiary/aromatic N) is 5. The topological polar surface area (TPSA) is 99.2 Å². The van der Waals surface area contributed by atoms with E-state index in [-0.39, 0.29) is 23.9 Å². The summed E-state index contributed by atoms with van der Waals surface area (Å²) >= 11 is 19.1. The number of rotatable bonds is 10. The van der Waals surface area contributed by atoms with Crippen molar-refractivity contribution in [3.63, 3.8) is 0 Å². The number of nitrogens with one attached hydrogen (secondary N) is 2. The summed E-state index contributed by atoms with van der Waals surface area (Å²) in [5.74, 6) is 0.381. The Balaban J connectivity index is 1.61. The Morgan fingerprint density at radius 2 is 1.73 bits per heavy atom. The summed E-state index contributed by atoms with van der Waals surface area (Å²) in [5.41, 5.74) is 2.74. The number of anilines is 1. The minimum Gasteiger partial charge on any atom is -0.314 e. The fourth-order valence-corrected chi connectivity index (χ4v) is 5.25. The molecule has 4 aromatic rings. The molecule has 9 nitrogen and oxygen atoms in total. The molecule has 2 aromatic carbocycles.